The first-order valence-corrected chi connectivity index (χ1v) is 8.33. The van der Waals surface area contributed by atoms with Gasteiger partial charge in [-0.15, -0.1) is 11.3 Å². The number of hydrogen-bond donors (Lipinski definition) is 1. The van der Waals surface area contributed by atoms with Crippen molar-refractivity contribution in [3.05, 3.63) is 53.3 Å². The van der Waals surface area contributed by atoms with Gasteiger partial charge in [-0.05, 0) is 36.3 Å². The number of pyridine rings is 1. The van der Waals surface area contributed by atoms with E-state index in [1.807, 2.05) is 18.4 Å². The zero-order valence-electron chi connectivity index (χ0n) is 12.7. The predicted molar refractivity (Wildman–Crippen MR) is 96.5 cm³/mol. The average Bonchev–Trinajstić information content (AvgIpc) is 3.03. The second-order valence-electron chi connectivity index (χ2n) is 5.42. The summed E-state index contributed by atoms with van der Waals surface area (Å²) in [7, 11) is 0. The van der Waals surface area contributed by atoms with Crippen molar-refractivity contribution in [2.45, 2.75) is 6.42 Å². The van der Waals surface area contributed by atoms with E-state index in [1.165, 1.54) is 17.7 Å². The van der Waals surface area contributed by atoms with Crippen LogP contribution in [0.2, 0.25) is 0 Å². The Kier molecular flexibility index (Phi) is 3.74. The molecule has 4 rings (SSSR count). The number of nitrogens with two attached hydrogens (primary N) is 1. The van der Waals surface area contributed by atoms with Gasteiger partial charge in [0, 0.05) is 41.7 Å². The molecule has 2 N–H and O–H groups in total. The number of thiophene rings is 1. The molecule has 1 aliphatic rings. The lowest BCUT2D eigenvalue weighted by molar-refractivity contribution is 0.447. The van der Waals surface area contributed by atoms with E-state index in [-0.39, 0.29) is 5.75 Å². The first-order chi connectivity index (χ1) is 11.7. The zero-order valence-corrected chi connectivity index (χ0v) is 13.5. The minimum absolute atomic E-state index is 0.149. The van der Waals surface area contributed by atoms with Crippen LogP contribution in [0, 0.1) is 5.82 Å². The van der Waals surface area contributed by atoms with E-state index >= 15 is 0 Å². The van der Waals surface area contributed by atoms with E-state index < -0.39 is 5.82 Å². The highest BCUT2D eigenvalue weighted by atomic mass is 32.1. The molecule has 0 fully saturated rings. The molecule has 0 unspecified atom stereocenters. The molecule has 1 aliphatic heterocycles. The highest BCUT2D eigenvalue weighted by Gasteiger charge is 2.14. The summed E-state index contributed by atoms with van der Waals surface area (Å²) in [6, 6.07) is 8.18. The summed E-state index contributed by atoms with van der Waals surface area (Å²) in [6.07, 6.45) is 6.43. The van der Waals surface area contributed by atoms with E-state index in [1.54, 1.807) is 29.7 Å². The number of nitrogens with zero attached hydrogens (tertiary/aromatic N) is 2. The van der Waals surface area contributed by atoms with Crippen molar-refractivity contribution >= 4 is 39.0 Å². The highest BCUT2D eigenvalue weighted by molar-refractivity contribution is 7.20. The van der Waals surface area contributed by atoms with Crippen LogP contribution >= 0.6 is 11.3 Å². The maximum absolute atomic E-state index is 14.0. The van der Waals surface area contributed by atoms with E-state index in [9.17, 15) is 4.39 Å². The van der Waals surface area contributed by atoms with Gasteiger partial charge in [-0.25, -0.2) is 4.39 Å². The van der Waals surface area contributed by atoms with Gasteiger partial charge in [0.1, 0.15) is 5.75 Å². The van der Waals surface area contributed by atoms with Crippen molar-refractivity contribution in [1.82, 2.24) is 4.98 Å². The third-order valence-electron chi connectivity index (χ3n) is 3.76. The van der Waals surface area contributed by atoms with Gasteiger partial charge >= 0.3 is 0 Å². The smallest absolute Gasteiger partial charge is 0.167 e. The molecule has 4 nitrogen and oxygen atoms in total. The Balaban J connectivity index is 1.74. The summed E-state index contributed by atoms with van der Waals surface area (Å²) >= 11 is 1.59. The molecule has 0 amide bonds. The maximum Gasteiger partial charge on any atom is 0.167 e. The number of fused-ring (bicyclic) bond motifs is 1. The van der Waals surface area contributed by atoms with E-state index in [0.29, 0.717) is 11.4 Å². The number of halogens is 1. The number of ether oxygens (including phenoxy) is 1. The molecule has 0 radical (unpaired) electrons. The standard InChI is InChI=1S/C18H14FN3OS/c19-13-9-12(20)1-2-15(13)23-16-5-8-22-14-10-17(24-18(14)16)11-3-6-21-7-4-11/h1-3,5-6,8-10H,4,7,20H2. The first kappa shape index (κ1) is 14.8. The topological polar surface area (TPSA) is 60.5 Å². The molecule has 0 bridgehead atoms. The number of dihydropyridines is 1. The SMILES string of the molecule is Nc1ccc(Oc2ccnc3cc(C4=CC=NCC4)sc23)c(F)c1. The summed E-state index contributed by atoms with van der Waals surface area (Å²) in [5.74, 6) is 0.253. The van der Waals surface area contributed by atoms with Gasteiger partial charge in [0.2, 0.25) is 0 Å². The van der Waals surface area contributed by atoms with Crippen molar-refractivity contribution < 1.29 is 9.13 Å². The van der Waals surface area contributed by atoms with Crippen LogP contribution in [0.3, 0.4) is 0 Å². The summed E-state index contributed by atoms with van der Waals surface area (Å²) in [6.45, 7) is 0.799. The average molecular weight is 339 g/mol. The van der Waals surface area contributed by atoms with E-state index in [2.05, 4.69) is 9.98 Å². The lowest BCUT2D eigenvalue weighted by atomic mass is 10.1. The van der Waals surface area contributed by atoms with Crippen LogP contribution in [0.25, 0.3) is 15.8 Å². The van der Waals surface area contributed by atoms with Crippen LogP contribution in [0.5, 0.6) is 11.5 Å². The number of rotatable bonds is 3. The van der Waals surface area contributed by atoms with Crippen LogP contribution < -0.4 is 10.5 Å². The molecule has 6 heteroatoms. The molecule has 24 heavy (non-hydrogen) atoms. The second kappa shape index (κ2) is 6.05. The first-order valence-electron chi connectivity index (χ1n) is 7.51. The Labute approximate surface area is 142 Å². The van der Waals surface area contributed by atoms with E-state index in [4.69, 9.17) is 10.5 Å². The number of allylic oxidation sites excluding steroid dienone is 1. The van der Waals surface area contributed by atoms with Crippen LogP contribution in [0.4, 0.5) is 10.1 Å². The van der Waals surface area contributed by atoms with Crippen LogP contribution in [0.15, 0.2) is 47.6 Å². The fourth-order valence-electron chi connectivity index (χ4n) is 2.56. The molecule has 0 saturated carbocycles. The van der Waals surface area contributed by atoms with Crippen molar-refractivity contribution in [3.63, 3.8) is 0 Å². The monoisotopic (exact) mass is 339 g/mol. The highest BCUT2D eigenvalue weighted by Crippen LogP contribution is 2.38. The summed E-state index contributed by atoms with van der Waals surface area (Å²) in [5, 5.41) is 0. The molecule has 0 spiro atoms. The van der Waals surface area contributed by atoms with Crippen molar-refractivity contribution in [1.29, 1.82) is 0 Å². The summed E-state index contributed by atoms with van der Waals surface area (Å²) in [5.41, 5.74) is 8.02. The fraction of sp³-hybridized carbons (Fsp3) is 0.111. The predicted octanol–water partition coefficient (Wildman–Crippen LogP) is 4.67. The van der Waals surface area contributed by atoms with Crippen LogP contribution in [0.1, 0.15) is 11.3 Å². The number of anilines is 1. The van der Waals surface area contributed by atoms with Crippen molar-refractivity contribution in [2.24, 2.45) is 4.99 Å². The minimum atomic E-state index is -0.483. The van der Waals surface area contributed by atoms with Gasteiger partial charge in [-0.2, -0.15) is 0 Å². The molecule has 0 atom stereocenters. The molecule has 2 aromatic heterocycles. The third kappa shape index (κ3) is 2.76. The van der Waals surface area contributed by atoms with Gasteiger partial charge in [0.15, 0.2) is 11.6 Å². The second-order valence-corrected chi connectivity index (χ2v) is 6.48. The summed E-state index contributed by atoms with van der Waals surface area (Å²) in [4.78, 5) is 9.74. The van der Waals surface area contributed by atoms with Gasteiger partial charge in [-0.3, -0.25) is 9.98 Å². The molecular weight excluding hydrogens is 325 g/mol. The summed E-state index contributed by atoms with van der Waals surface area (Å²) < 4.78 is 20.7. The Bertz CT molecular complexity index is 978. The Morgan fingerprint density at radius 1 is 1.17 bits per heavy atom. The minimum Gasteiger partial charge on any atom is -0.453 e. The number of nitrogen functional groups attached to an aromatic ring is 1. The van der Waals surface area contributed by atoms with Crippen molar-refractivity contribution in [3.8, 4) is 11.5 Å². The molecule has 1 aromatic carbocycles. The number of benzene rings is 1. The Morgan fingerprint density at radius 3 is 2.88 bits per heavy atom. The lowest BCUT2D eigenvalue weighted by Gasteiger charge is -2.08. The van der Waals surface area contributed by atoms with Gasteiger partial charge in [0.25, 0.3) is 0 Å². The molecule has 0 saturated heterocycles. The van der Waals surface area contributed by atoms with Crippen molar-refractivity contribution in [2.75, 3.05) is 12.3 Å². The molecule has 3 aromatic rings. The third-order valence-corrected chi connectivity index (χ3v) is 4.97. The van der Waals surface area contributed by atoms with Gasteiger partial charge < -0.3 is 10.5 Å². The zero-order chi connectivity index (χ0) is 16.5. The number of aromatic nitrogens is 1. The molecular formula is C18H14FN3OS. The number of aliphatic imine (C=N–C) groups is 1. The lowest BCUT2D eigenvalue weighted by Crippen LogP contribution is -1.91. The molecule has 0 aliphatic carbocycles. The Hall–Kier alpha value is -2.73. The molecule has 3 heterocycles. The van der Waals surface area contributed by atoms with Crippen LogP contribution in [-0.4, -0.2) is 17.7 Å². The largest absolute Gasteiger partial charge is 0.453 e. The van der Waals surface area contributed by atoms with Gasteiger partial charge in [0.05, 0.1) is 10.2 Å². The maximum atomic E-state index is 14.0. The van der Waals surface area contributed by atoms with E-state index in [0.717, 1.165) is 28.1 Å². The fourth-order valence-corrected chi connectivity index (χ4v) is 3.68. The number of hydrogen-bond acceptors (Lipinski definition) is 5. The normalized spacial score (nSPS) is 14.0. The molecule has 120 valence electrons. The van der Waals surface area contributed by atoms with Crippen LogP contribution in [-0.2, 0) is 0 Å². The Morgan fingerprint density at radius 2 is 2.08 bits per heavy atom. The quantitative estimate of drug-likeness (QED) is 0.706. The van der Waals surface area contributed by atoms with Gasteiger partial charge in [-0.1, -0.05) is 0 Å².